The maximum absolute atomic E-state index is 5.66. The van der Waals surface area contributed by atoms with Gasteiger partial charge in [0, 0.05) is 6.08 Å². The third-order valence-electron chi connectivity index (χ3n) is 2.75. The molecule has 0 aliphatic heterocycles. The molecule has 0 saturated heterocycles. The minimum atomic E-state index is -1.71. The zero-order chi connectivity index (χ0) is 16.0. The maximum atomic E-state index is 5.66. The lowest BCUT2D eigenvalue weighted by Crippen LogP contribution is -1.99. The summed E-state index contributed by atoms with van der Waals surface area (Å²) in [5.41, 5.74) is 0.969. The van der Waals surface area contributed by atoms with Gasteiger partial charge in [0.25, 0.3) is 9.68 Å². The van der Waals surface area contributed by atoms with E-state index in [1.54, 1.807) is 6.08 Å². The van der Waals surface area contributed by atoms with Crippen LogP contribution < -0.4 is 4.74 Å². The lowest BCUT2D eigenvalue weighted by molar-refractivity contribution is 0.309. The summed E-state index contributed by atoms with van der Waals surface area (Å²) in [6.45, 7) is 2.86. The van der Waals surface area contributed by atoms with E-state index in [4.69, 9.17) is 44.0 Å². The van der Waals surface area contributed by atoms with Crippen molar-refractivity contribution in [2.75, 3.05) is 6.61 Å². The summed E-state index contributed by atoms with van der Waals surface area (Å²) in [5.74, 6) is 1.06. The van der Waals surface area contributed by atoms with E-state index in [0.717, 1.165) is 30.8 Å². The van der Waals surface area contributed by atoms with Crippen LogP contribution in [-0.4, -0.2) is 16.8 Å². The molecule has 0 spiro atoms. The average molecular weight is 362 g/mol. The topological polar surface area (TPSA) is 48.2 Å². The van der Waals surface area contributed by atoms with Crippen LogP contribution in [-0.2, 0) is 3.79 Å². The van der Waals surface area contributed by atoms with Gasteiger partial charge in [0.05, 0.1) is 6.61 Å². The number of aromatic nitrogens is 2. The molecule has 118 valence electrons. The Balaban J connectivity index is 1.97. The highest BCUT2D eigenvalue weighted by Gasteiger charge is 2.29. The SMILES string of the molecule is CCCCOc1ccc(C=Cc2nnc(C(Cl)(Cl)Cl)o2)cc1. The third kappa shape index (κ3) is 5.20. The number of alkyl halides is 3. The largest absolute Gasteiger partial charge is 0.494 e. The van der Waals surface area contributed by atoms with Crippen LogP contribution in [0.1, 0.15) is 37.1 Å². The van der Waals surface area contributed by atoms with E-state index in [0.29, 0.717) is 0 Å². The highest BCUT2D eigenvalue weighted by Crippen LogP contribution is 2.37. The molecular formula is C15H15Cl3N2O2. The van der Waals surface area contributed by atoms with Crippen LogP contribution in [0, 0.1) is 0 Å². The Morgan fingerprint density at radius 2 is 1.86 bits per heavy atom. The predicted molar refractivity (Wildman–Crippen MR) is 89.3 cm³/mol. The van der Waals surface area contributed by atoms with E-state index in [1.165, 1.54) is 0 Å². The normalized spacial score (nSPS) is 12.0. The summed E-state index contributed by atoms with van der Waals surface area (Å²) in [6, 6.07) is 7.69. The molecule has 0 unspecified atom stereocenters. The van der Waals surface area contributed by atoms with Crippen molar-refractivity contribution in [3.8, 4) is 5.75 Å². The van der Waals surface area contributed by atoms with E-state index >= 15 is 0 Å². The minimum Gasteiger partial charge on any atom is -0.494 e. The molecule has 0 aliphatic rings. The molecule has 0 bridgehead atoms. The Hall–Kier alpha value is -1.23. The second kappa shape index (κ2) is 7.86. The Labute approximate surface area is 144 Å². The number of nitrogens with zero attached hydrogens (tertiary/aromatic N) is 2. The van der Waals surface area contributed by atoms with Crippen LogP contribution in [0.15, 0.2) is 28.7 Å². The Morgan fingerprint density at radius 1 is 1.14 bits per heavy atom. The molecule has 7 heteroatoms. The molecule has 0 N–H and O–H groups in total. The number of halogens is 3. The molecule has 0 aliphatic carbocycles. The van der Waals surface area contributed by atoms with Crippen molar-refractivity contribution >= 4 is 47.0 Å². The van der Waals surface area contributed by atoms with Crippen LogP contribution in [0.3, 0.4) is 0 Å². The van der Waals surface area contributed by atoms with Crippen molar-refractivity contribution in [1.29, 1.82) is 0 Å². The van der Waals surface area contributed by atoms with Crippen molar-refractivity contribution < 1.29 is 9.15 Å². The second-order valence-corrected chi connectivity index (χ2v) is 6.83. The van der Waals surface area contributed by atoms with Gasteiger partial charge in [0.2, 0.25) is 5.89 Å². The van der Waals surface area contributed by atoms with Gasteiger partial charge in [-0.2, -0.15) is 0 Å². The summed E-state index contributed by atoms with van der Waals surface area (Å²) < 4.78 is 9.11. The number of hydrogen-bond acceptors (Lipinski definition) is 4. The van der Waals surface area contributed by atoms with Crippen LogP contribution in [0.4, 0.5) is 0 Å². The first-order chi connectivity index (χ1) is 10.5. The van der Waals surface area contributed by atoms with Crippen LogP contribution in [0.25, 0.3) is 12.2 Å². The van der Waals surface area contributed by atoms with Crippen molar-refractivity contribution in [1.82, 2.24) is 10.2 Å². The minimum absolute atomic E-state index is 0.0585. The maximum Gasteiger partial charge on any atom is 0.268 e. The molecular weight excluding hydrogens is 347 g/mol. The Kier molecular flexibility index (Phi) is 6.12. The number of hydrogen-bond donors (Lipinski definition) is 0. The Bertz CT molecular complexity index is 618. The molecule has 0 atom stereocenters. The van der Waals surface area contributed by atoms with Crippen LogP contribution in [0.5, 0.6) is 5.75 Å². The average Bonchev–Trinajstić information content (AvgIpc) is 2.96. The summed E-state index contributed by atoms with van der Waals surface area (Å²) in [5, 5.41) is 7.46. The van der Waals surface area contributed by atoms with E-state index in [-0.39, 0.29) is 11.8 Å². The first-order valence-electron chi connectivity index (χ1n) is 6.80. The van der Waals surface area contributed by atoms with Crippen molar-refractivity contribution in [2.45, 2.75) is 23.6 Å². The van der Waals surface area contributed by atoms with Gasteiger partial charge in [0.1, 0.15) is 5.75 Å². The molecule has 4 nitrogen and oxygen atoms in total. The van der Waals surface area contributed by atoms with Gasteiger partial charge in [-0.25, -0.2) is 0 Å². The van der Waals surface area contributed by atoms with Gasteiger partial charge in [-0.1, -0.05) is 60.3 Å². The predicted octanol–water partition coefficient (Wildman–Crippen LogP) is 5.25. The molecule has 0 radical (unpaired) electrons. The van der Waals surface area contributed by atoms with Crippen LogP contribution in [0.2, 0.25) is 0 Å². The van der Waals surface area contributed by atoms with Gasteiger partial charge in [0.15, 0.2) is 0 Å². The fourth-order valence-electron chi connectivity index (χ4n) is 1.59. The standard InChI is InChI=1S/C15H15Cl3N2O2/c1-2-3-10-21-12-7-4-11(5-8-12)6-9-13-19-20-14(22-13)15(16,17)18/h4-9H,2-3,10H2,1H3. The number of rotatable bonds is 6. The van der Waals surface area contributed by atoms with E-state index < -0.39 is 3.79 Å². The molecule has 2 rings (SSSR count). The first-order valence-corrected chi connectivity index (χ1v) is 7.94. The van der Waals surface area contributed by atoms with Gasteiger partial charge in [-0.3, -0.25) is 0 Å². The smallest absolute Gasteiger partial charge is 0.268 e. The second-order valence-electron chi connectivity index (χ2n) is 4.55. The molecule has 1 aromatic carbocycles. The zero-order valence-electron chi connectivity index (χ0n) is 11.9. The zero-order valence-corrected chi connectivity index (χ0v) is 14.2. The van der Waals surface area contributed by atoms with Gasteiger partial charge < -0.3 is 9.15 Å². The Morgan fingerprint density at radius 3 is 2.45 bits per heavy atom. The molecule has 0 fully saturated rings. The lowest BCUT2D eigenvalue weighted by atomic mass is 10.2. The molecule has 1 heterocycles. The number of ether oxygens (including phenoxy) is 1. The molecule has 22 heavy (non-hydrogen) atoms. The van der Waals surface area contributed by atoms with Crippen molar-refractivity contribution in [3.05, 3.63) is 41.6 Å². The quantitative estimate of drug-likeness (QED) is 0.521. The monoisotopic (exact) mass is 360 g/mol. The van der Waals surface area contributed by atoms with Gasteiger partial charge in [-0.15, -0.1) is 10.2 Å². The van der Waals surface area contributed by atoms with Crippen molar-refractivity contribution in [3.63, 3.8) is 0 Å². The summed E-state index contributed by atoms with van der Waals surface area (Å²) in [4.78, 5) is 0. The lowest BCUT2D eigenvalue weighted by Gasteiger charge is -2.04. The summed E-state index contributed by atoms with van der Waals surface area (Å²) in [7, 11) is 0. The van der Waals surface area contributed by atoms with Crippen molar-refractivity contribution in [2.24, 2.45) is 0 Å². The molecule has 0 amide bonds. The van der Waals surface area contributed by atoms with E-state index in [2.05, 4.69) is 17.1 Å². The fourth-order valence-corrected chi connectivity index (χ4v) is 1.82. The first kappa shape index (κ1) is 17.1. The highest BCUT2D eigenvalue weighted by molar-refractivity contribution is 6.66. The fraction of sp³-hybridized carbons (Fsp3) is 0.333. The summed E-state index contributed by atoms with van der Waals surface area (Å²) >= 11 is 17.0. The van der Waals surface area contributed by atoms with E-state index in [9.17, 15) is 0 Å². The molecule has 0 saturated carbocycles. The van der Waals surface area contributed by atoms with Gasteiger partial charge >= 0.3 is 0 Å². The number of unbranched alkanes of at least 4 members (excludes halogenated alkanes) is 1. The van der Waals surface area contributed by atoms with Gasteiger partial charge in [-0.05, 0) is 30.2 Å². The summed E-state index contributed by atoms with van der Waals surface area (Å²) in [6.07, 6.45) is 5.64. The number of benzene rings is 1. The van der Waals surface area contributed by atoms with Crippen LogP contribution >= 0.6 is 34.8 Å². The third-order valence-corrected chi connectivity index (χ3v) is 3.23. The highest BCUT2D eigenvalue weighted by atomic mass is 35.6. The molecule has 2 aromatic rings. The van der Waals surface area contributed by atoms with E-state index in [1.807, 2.05) is 30.3 Å². The molecule has 1 aromatic heterocycles.